The Morgan fingerprint density at radius 3 is 2.35 bits per heavy atom. The molecule has 1 saturated heterocycles. The molecule has 1 aliphatic heterocycles. The Labute approximate surface area is 340 Å². The molecule has 6 aliphatic rings. The number of allylic oxidation sites excluding steroid dienone is 2. The van der Waals surface area contributed by atoms with Crippen LogP contribution in [0.5, 0.6) is 0 Å². The number of nitrogens with zero attached hydrogens (tertiary/aromatic N) is 3. The molecule has 1 aromatic heterocycles. The van der Waals surface area contributed by atoms with Crippen molar-refractivity contribution < 1.29 is 28.4 Å². The topological polar surface area (TPSA) is 102 Å². The van der Waals surface area contributed by atoms with Crippen molar-refractivity contribution in [3.8, 4) is 0 Å². The van der Waals surface area contributed by atoms with Crippen molar-refractivity contribution in [2.45, 2.75) is 131 Å². The molecule has 9 nitrogen and oxygen atoms in total. The van der Waals surface area contributed by atoms with Crippen LogP contribution in [-0.2, 0) is 42.3 Å². The minimum Gasteiger partial charge on any atom is -0.465 e. The largest absolute Gasteiger partial charge is 0.465 e. The molecule has 0 N–H and O–H groups in total. The van der Waals surface area contributed by atoms with Crippen LogP contribution in [0.1, 0.15) is 130 Å². The van der Waals surface area contributed by atoms with Crippen molar-refractivity contribution >= 4 is 17.8 Å². The molecule has 0 spiro atoms. The summed E-state index contributed by atoms with van der Waals surface area (Å²) in [6.45, 7) is 21.4. The third-order valence-electron chi connectivity index (χ3n) is 17.3. The zero-order valence-electron chi connectivity index (χ0n) is 35.8. The highest BCUT2D eigenvalue weighted by Crippen LogP contribution is 2.75. The van der Waals surface area contributed by atoms with Crippen molar-refractivity contribution in [2.75, 3.05) is 39.3 Å². The number of piperazine rings is 1. The molecule has 1 amide bonds. The summed E-state index contributed by atoms with van der Waals surface area (Å²) in [4.78, 5) is 45.0. The van der Waals surface area contributed by atoms with Crippen LogP contribution < -0.4 is 0 Å². The fourth-order valence-corrected chi connectivity index (χ4v) is 13.7. The van der Waals surface area contributed by atoms with E-state index in [9.17, 15) is 14.4 Å². The van der Waals surface area contributed by atoms with Crippen LogP contribution >= 0.6 is 0 Å². The average Bonchev–Trinajstić information content (AvgIpc) is 3.67. The molecule has 3 saturated carbocycles. The van der Waals surface area contributed by atoms with Gasteiger partial charge >= 0.3 is 11.9 Å². The summed E-state index contributed by atoms with van der Waals surface area (Å²) >= 11 is 0. The van der Waals surface area contributed by atoms with Crippen LogP contribution in [0.4, 0.5) is 0 Å². The summed E-state index contributed by atoms with van der Waals surface area (Å²) in [5.74, 6) is 1.32. The van der Waals surface area contributed by atoms with Gasteiger partial charge in [-0.05, 0) is 116 Å². The first-order valence-electron chi connectivity index (χ1n) is 22.1. The molecule has 1 aromatic carbocycles. The Morgan fingerprint density at radius 1 is 0.877 bits per heavy atom. The molecule has 3 unspecified atom stereocenters. The second-order valence-corrected chi connectivity index (χ2v) is 20.7. The highest BCUT2D eigenvalue weighted by Gasteiger charge is 2.70. The molecule has 9 heteroatoms. The Hall–Kier alpha value is -3.46. The molecule has 0 radical (unpaired) electrons. The van der Waals surface area contributed by atoms with Gasteiger partial charge in [0.25, 0.3) is 0 Å². The van der Waals surface area contributed by atoms with Crippen LogP contribution in [0.25, 0.3) is 0 Å². The average molecular weight is 782 g/mol. The second kappa shape index (κ2) is 14.7. The van der Waals surface area contributed by atoms with E-state index in [4.69, 9.17) is 14.0 Å². The van der Waals surface area contributed by atoms with E-state index in [-0.39, 0.29) is 70.8 Å². The quantitative estimate of drug-likeness (QED) is 0.184. The molecule has 4 fully saturated rings. The maximum Gasteiger partial charge on any atom is 0.313 e. The number of hydrogen-bond acceptors (Lipinski definition) is 8. The number of benzene rings is 1. The van der Waals surface area contributed by atoms with Gasteiger partial charge < -0.3 is 23.8 Å². The lowest BCUT2D eigenvalue weighted by Gasteiger charge is -2.70. The van der Waals surface area contributed by atoms with E-state index in [0.717, 1.165) is 94.3 Å². The number of fused-ring (bicyclic) bond motifs is 8. The predicted molar refractivity (Wildman–Crippen MR) is 219 cm³/mol. The van der Waals surface area contributed by atoms with E-state index in [1.807, 2.05) is 41.4 Å². The van der Waals surface area contributed by atoms with E-state index >= 15 is 0 Å². The first-order chi connectivity index (χ1) is 27.1. The second-order valence-electron chi connectivity index (χ2n) is 20.7. The molecule has 2 heterocycles. The molecular weight excluding hydrogens is 715 g/mol. The highest BCUT2D eigenvalue weighted by atomic mass is 16.5. The number of hydrogen-bond donors (Lipinski definition) is 0. The van der Waals surface area contributed by atoms with Crippen molar-refractivity contribution in [1.82, 2.24) is 15.0 Å². The summed E-state index contributed by atoms with van der Waals surface area (Å²) in [6.07, 6.45) is 13.4. The molecular formula is C48H67N3O6. The Kier molecular flexibility index (Phi) is 10.4. The van der Waals surface area contributed by atoms with Crippen LogP contribution in [0.15, 0.2) is 52.7 Å². The Bertz CT molecular complexity index is 1880. The van der Waals surface area contributed by atoms with Gasteiger partial charge in [-0.3, -0.25) is 14.4 Å². The SMILES string of the molecule is CCN1CCN(C(=O)CCC(=O)OC[C@]2(C)c3oncc3C[C@@]3(C)C2CC[C@]2(C)C3CC=C3C4CC(C)(C)CC[C@]4(C(=O)OCc4ccccc4)CC[C@]32C)CC1. The van der Waals surface area contributed by atoms with Gasteiger partial charge in [-0.25, -0.2) is 0 Å². The smallest absolute Gasteiger partial charge is 0.313 e. The third kappa shape index (κ3) is 6.61. The standard InChI is InChI=1S/C48H67N3O6/c1-8-50-24-26-51(27-25-50)39(52)16-17-40(53)56-32-45(5)37-18-19-47(7)38(44(37,4)28-34-30-49-57-41(34)45)15-14-35-36-29-43(2,3)20-22-48(36,23-21-46(35,47)6)42(54)55-31-33-12-10-9-11-13-33/h9-14,30,36-38H,8,15-29,31-32H2,1-7H3/t36?,37?,38?,44-,45-,46+,47+,48-/m0/s1. The van der Waals surface area contributed by atoms with Gasteiger partial charge in [-0.15, -0.1) is 0 Å². The molecule has 2 aromatic rings. The maximum atomic E-state index is 14.4. The van der Waals surface area contributed by atoms with Gasteiger partial charge in [0.2, 0.25) is 5.91 Å². The van der Waals surface area contributed by atoms with E-state index in [0.29, 0.717) is 25.6 Å². The van der Waals surface area contributed by atoms with E-state index in [2.05, 4.69) is 64.6 Å². The number of esters is 2. The van der Waals surface area contributed by atoms with Crippen molar-refractivity contribution in [2.24, 2.45) is 44.8 Å². The number of carbonyl (C=O) groups is 3. The van der Waals surface area contributed by atoms with Crippen molar-refractivity contribution in [3.05, 3.63) is 65.1 Å². The van der Waals surface area contributed by atoms with Gasteiger partial charge in [-0.1, -0.05) is 88.7 Å². The number of amides is 1. The summed E-state index contributed by atoms with van der Waals surface area (Å²) in [5.41, 5.74) is 2.65. The van der Waals surface area contributed by atoms with Crippen LogP contribution in [0.3, 0.4) is 0 Å². The van der Waals surface area contributed by atoms with Crippen molar-refractivity contribution in [1.29, 1.82) is 0 Å². The summed E-state index contributed by atoms with van der Waals surface area (Å²) in [7, 11) is 0. The number of rotatable bonds is 9. The first-order valence-corrected chi connectivity index (χ1v) is 22.1. The zero-order chi connectivity index (χ0) is 40.4. The molecule has 310 valence electrons. The van der Waals surface area contributed by atoms with Crippen LogP contribution in [-0.4, -0.2) is 72.1 Å². The van der Waals surface area contributed by atoms with Gasteiger partial charge in [0, 0.05) is 38.2 Å². The van der Waals surface area contributed by atoms with Gasteiger partial charge in [0.05, 0.1) is 23.4 Å². The lowest BCUT2D eigenvalue weighted by atomic mass is 9.33. The molecule has 57 heavy (non-hydrogen) atoms. The van der Waals surface area contributed by atoms with Gasteiger partial charge in [-0.2, -0.15) is 0 Å². The van der Waals surface area contributed by atoms with E-state index < -0.39 is 10.8 Å². The van der Waals surface area contributed by atoms with E-state index in [1.54, 1.807) is 0 Å². The van der Waals surface area contributed by atoms with Crippen LogP contribution in [0, 0.1) is 44.8 Å². The lowest BCUT2D eigenvalue weighted by molar-refractivity contribution is -0.185. The minimum atomic E-state index is -0.543. The highest BCUT2D eigenvalue weighted by molar-refractivity contribution is 5.81. The fraction of sp³-hybridized carbons (Fsp3) is 0.708. The normalized spacial score (nSPS) is 37.0. The fourth-order valence-electron chi connectivity index (χ4n) is 13.7. The number of carbonyl (C=O) groups excluding carboxylic acids is 3. The Morgan fingerprint density at radius 2 is 1.61 bits per heavy atom. The molecule has 8 rings (SSSR count). The predicted octanol–water partition coefficient (Wildman–Crippen LogP) is 8.70. The molecule has 0 bridgehead atoms. The van der Waals surface area contributed by atoms with Crippen LogP contribution in [0.2, 0.25) is 0 Å². The van der Waals surface area contributed by atoms with Gasteiger partial charge in [0.1, 0.15) is 19.0 Å². The van der Waals surface area contributed by atoms with Gasteiger partial charge in [0.15, 0.2) is 0 Å². The summed E-state index contributed by atoms with van der Waals surface area (Å²) < 4.78 is 18.4. The molecule has 8 atom stereocenters. The first kappa shape index (κ1) is 40.3. The minimum absolute atomic E-state index is 0.00509. The number of likely N-dealkylation sites (N-methyl/N-ethyl adjacent to an activating group) is 1. The third-order valence-corrected chi connectivity index (χ3v) is 17.3. The monoisotopic (exact) mass is 782 g/mol. The molecule has 5 aliphatic carbocycles. The summed E-state index contributed by atoms with van der Waals surface area (Å²) in [5, 5.41) is 4.33. The number of ether oxygens (including phenoxy) is 2. The van der Waals surface area contributed by atoms with Crippen molar-refractivity contribution in [3.63, 3.8) is 0 Å². The van der Waals surface area contributed by atoms with E-state index in [1.165, 1.54) is 5.57 Å². The maximum absolute atomic E-state index is 14.4. The Balaban J connectivity index is 1.03. The zero-order valence-corrected chi connectivity index (χ0v) is 35.8. The number of aromatic nitrogens is 1. The lowest BCUT2D eigenvalue weighted by Crippen LogP contribution is -2.65. The summed E-state index contributed by atoms with van der Waals surface area (Å²) in [6, 6.07) is 10.1.